The van der Waals surface area contributed by atoms with Crippen molar-refractivity contribution in [3.05, 3.63) is 29.6 Å². The van der Waals surface area contributed by atoms with Gasteiger partial charge in [0.15, 0.2) is 0 Å². The third-order valence-electron chi connectivity index (χ3n) is 4.09. The molecule has 0 aliphatic carbocycles. The normalized spacial score (nSPS) is 17.3. The van der Waals surface area contributed by atoms with Crippen molar-refractivity contribution in [1.29, 1.82) is 0 Å². The number of carbonyl (C=O) groups excluding carboxylic acids is 1. The Hall–Kier alpha value is -2.11. The maximum Gasteiger partial charge on any atom is 0.317 e. The molecule has 0 radical (unpaired) electrons. The average Bonchev–Trinajstić information content (AvgIpc) is 2.47. The zero-order chi connectivity index (χ0) is 15.5. The third-order valence-corrected chi connectivity index (χ3v) is 4.09. The number of aryl methyl sites for hydroxylation is 1. The molecule has 0 saturated carbocycles. The number of piperidine rings is 1. The molecule has 0 unspecified atom stereocenters. The lowest BCUT2D eigenvalue weighted by Crippen LogP contribution is -2.48. The number of carboxylic acids is 1. The number of pyridine rings is 1. The molecule has 6 nitrogen and oxygen atoms in total. The highest BCUT2D eigenvalue weighted by atomic mass is 16.4. The van der Waals surface area contributed by atoms with Crippen LogP contribution >= 0.6 is 0 Å². The number of carbonyl (C=O) groups is 2. The second kappa shape index (κ2) is 6.11. The van der Waals surface area contributed by atoms with E-state index in [4.69, 9.17) is 0 Å². The molecule has 114 valence electrons. The van der Waals surface area contributed by atoms with E-state index in [-0.39, 0.29) is 6.03 Å². The Bertz CT molecular complexity index is 519. The number of likely N-dealkylation sites (tertiary alicyclic amines) is 1. The molecule has 1 aliphatic heterocycles. The van der Waals surface area contributed by atoms with Crippen LogP contribution in [0, 0.1) is 12.3 Å². The van der Waals surface area contributed by atoms with Crippen molar-refractivity contribution in [3.8, 4) is 0 Å². The molecule has 2 rings (SSSR count). The summed E-state index contributed by atoms with van der Waals surface area (Å²) < 4.78 is 0. The van der Waals surface area contributed by atoms with Crippen molar-refractivity contribution in [2.75, 3.05) is 13.1 Å². The predicted molar refractivity (Wildman–Crippen MR) is 77.8 cm³/mol. The Morgan fingerprint density at radius 3 is 2.57 bits per heavy atom. The van der Waals surface area contributed by atoms with E-state index in [0.717, 1.165) is 11.3 Å². The summed E-state index contributed by atoms with van der Waals surface area (Å²) in [6.07, 6.45) is 2.72. The minimum Gasteiger partial charge on any atom is -0.481 e. The topological polar surface area (TPSA) is 82.5 Å². The fraction of sp³-hybridized carbons (Fsp3) is 0.533. The van der Waals surface area contributed by atoms with E-state index in [0.29, 0.717) is 32.5 Å². The maximum atomic E-state index is 12.1. The van der Waals surface area contributed by atoms with E-state index in [2.05, 4.69) is 10.3 Å². The summed E-state index contributed by atoms with van der Waals surface area (Å²) in [6.45, 7) is 5.03. The molecule has 0 spiro atoms. The van der Waals surface area contributed by atoms with E-state index < -0.39 is 11.4 Å². The first-order valence-electron chi connectivity index (χ1n) is 7.08. The molecule has 1 aliphatic rings. The first-order valence-corrected chi connectivity index (χ1v) is 7.08. The number of hydrogen-bond donors (Lipinski definition) is 2. The molecule has 0 bridgehead atoms. The zero-order valence-electron chi connectivity index (χ0n) is 12.4. The first-order chi connectivity index (χ1) is 9.90. The maximum absolute atomic E-state index is 12.1. The van der Waals surface area contributed by atoms with E-state index in [9.17, 15) is 14.7 Å². The van der Waals surface area contributed by atoms with Crippen LogP contribution in [0.1, 0.15) is 31.0 Å². The minimum atomic E-state index is -0.784. The summed E-state index contributed by atoms with van der Waals surface area (Å²) in [4.78, 5) is 29.1. The van der Waals surface area contributed by atoms with E-state index in [1.54, 1.807) is 18.0 Å². The van der Waals surface area contributed by atoms with Gasteiger partial charge in [-0.3, -0.25) is 9.78 Å². The van der Waals surface area contributed by atoms with E-state index in [1.807, 2.05) is 19.1 Å². The van der Waals surface area contributed by atoms with Crippen LogP contribution in [-0.2, 0) is 11.3 Å². The van der Waals surface area contributed by atoms with Gasteiger partial charge in [-0.1, -0.05) is 6.07 Å². The van der Waals surface area contributed by atoms with Crippen LogP contribution in [0.15, 0.2) is 18.3 Å². The van der Waals surface area contributed by atoms with Gasteiger partial charge in [0.25, 0.3) is 0 Å². The van der Waals surface area contributed by atoms with Gasteiger partial charge < -0.3 is 15.3 Å². The lowest BCUT2D eigenvalue weighted by atomic mass is 9.80. The van der Waals surface area contributed by atoms with Crippen molar-refractivity contribution in [2.24, 2.45) is 5.41 Å². The number of aromatic nitrogens is 1. The number of urea groups is 1. The fourth-order valence-electron chi connectivity index (χ4n) is 2.31. The third kappa shape index (κ3) is 3.71. The Labute approximate surface area is 124 Å². The number of rotatable bonds is 3. The molecule has 6 heteroatoms. The van der Waals surface area contributed by atoms with Crippen molar-refractivity contribution in [2.45, 2.75) is 33.2 Å². The summed E-state index contributed by atoms with van der Waals surface area (Å²) in [5.74, 6) is -0.784. The van der Waals surface area contributed by atoms with Gasteiger partial charge in [0, 0.05) is 31.5 Å². The van der Waals surface area contributed by atoms with Gasteiger partial charge in [-0.05, 0) is 38.3 Å². The van der Waals surface area contributed by atoms with Crippen LogP contribution in [0.2, 0.25) is 0 Å². The molecule has 1 aromatic rings. The first kappa shape index (κ1) is 15.3. The molecule has 2 heterocycles. The Morgan fingerprint density at radius 1 is 1.38 bits per heavy atom. The average molecular weight is 291 g/mol. The Kier molecular flexibility index (Phi) is 4.45. The van der Waals surface area contributed by atoms with Gasteiger partial charge in [0.2, 0.25) is 0 Å². The van der Waals surface area contributed by atoms with Crippen LogP contribution in [0.5, 0.6) is 0 Å². The molecule has 1 fully saturated rings. The summed E-state index contributed by atoms with van der Waals surface area (Å²) in [6, 6.07) is 3.68. The molecule has 0 atom stereocenters. The standard InChI is InChI=1S/C15H21N3O3/c1-11-3-4-12(9-16-11)10-17-14(21)18-7-5-15(2,6-8-18)13(19)20/h3-4,9H,5-8,10H2,1-2H3,(H,17,21)(H,19,20). The molecule has 2 amide bonds. The number of aliphatic carboxylic acids is 1. The van der Waals surface area contributed by atoms with Crippen molar-refractivity contribution >= 4 is 12.0 Å². The highest BCUT2D eigenvalue weighted by molar-refractivity contribution is 5.76. The summed E-state index contributed by atoms with van der Waals surface area (Å²) in [7, 11) is 0. The lowest BCUT2D eigenvalue weighted by molar-refractivity contribution is -0.150. The molecule has 1 aromatic heterocycles. The monoisotopic (exact) mass is 291 g/mol. The van der Waals surface area contributed by atoms with Crippen LogP contribution in [0.4, 0.5) is 4.79 Å². The van der Waals surface area contributed by atoms with E-state index in [1.165, 1.54) is 0 Å². The van der Waals surface area contributed by atoms with Gasteiger partial charge >= 0.3 is 12.0 Å². The predicted octanol–water partition coefficient (Wildman–Crippen LogP) is 1.79. The zero-order valence-corrected chi connectivity index (χ0v) is 12.4. The molecule has 0 aromatic carbocycles. The Morgan fingerprint density at radius 2 is 2.05 bits per heavy atom. The SMILES string of the molecule is Cc1ccc(CNC(=O)N2CCC(C)(C(=O)O)CC2)cn1. The van der Waals surface area contributed by atoms with Crippen LogP contribution in [0.3, 0.4) is 0 Å². The highest BCUT2D eigenvalue weighted by Crippen LogP contribution is 2.30. The molecule has 1 saturated heterocycles. The molecular formula is C15H21N3O3. The largest absolute Gasteiger partial charge is 0.481 e. The van der Waals surface area contributed by atoms with Gasteiger partial charge in [-0.15, -0.1) is 0 Å². The van der Waals surface area contributed by atoms with Crippen LogP contribution in [0.25, 0.3) is 0 Å². The smallest absolute Gasteiger partial charge is 0.317 e. The van der Waals surface area contributed by atoms with Crippen molar-refractivity contribution < 1.29 is 14.7 Å². The van der Waals surface area contributed by atoms with Gasteiger partial charge in [0.1, 0.15) is 0 Å². The Balaban J connectivity index is 1.82. The molecular weight excluding hydrogens is 270 g/mol. The summed E-state index contributed by atoms with van der Waals surface area (Å²) in [5.41, 5.74) is 1.17. The second-order valence-corrected chi connectivity index (χ2v) is 5.82. The molecule has 2 N–H and O–H groups in total. The number of amides is 2. The highest BCUT2D eigenvalue weighted by Gasteiger charge is 2.37. The number of carboxylic acid groups (broad SMARTS) is 1. The van der Waals surface area contributed by atoms with Crippen molar-refractivity contribution in [1.82, 2.24) is 15.2 Å². The minimum absolute atomic E-state index is 0.150. The summed E-state index contributed by atoms with van der Waals surface area (Å²) in [5, 5.41) is 12.0. The quantitative estimate of drug-likeness (QED) is 0.889. The number of nitrogens with zero attached hydrogens (tertiary/aromatic N) is 2. The van der Waals surface area contributed by atoms with Gasteiger partial charge in [0.05, 0.1) is 5.41 Å². The van der Waals surface area contributed by atoms with Gasteiger partial charge in [-0.2, -0.15) is 0 Å². The summed E-state index contributed by atoms with van der Waals surface area (Å²) >= 11 is 0. The number of nitrogens with one attached hydrogen (secondary N) is 1. The lowest BCUT2D eigenvalue weighted by Gasteiger charge is -2.36. The van der Waals surface area contributed by atoms with Crippen LogP contribution in [-0.4, -0.2) is 40.1 Å². The van der Waals surface area contributed by atoms with Gasteiger partial charge in [-0.25, -0.2) is 4.79 Å². The van der Waals surface area contributed by atoms with E-state index >= 15 is 0 Å². The second-order valence-electron chi connectivity index (χ2n) is 5.82. The fourth-order valence-corrected chi connectivity index (χ4v) is 2.31. The molecule has 21 heavy (non-hydrogen) atoms. The van der Waals surface area contributed by atoms with Crippen molar-refractivity contribution in [3.63, 3.8) is 0 Å². The number of hydrogen-bond acceptors (Lipinski definition) is 3. The van der Waals surface area contributed by atoms with Crippen LogP contribution < -0.4 is 5.32 Å².